The van der Waals surface area contributed by atoms with Gasteiger partial charge in [0.1, 0.15) is 5.75 Å². The van der Waals surface area contributed by atoms with Crippen molar-refractivity contribution in [2.24, 2.45) is 7.05 Å². The highest BCUT2D eigenvalue weighted by molar-refractivity contribution is 7.98. The van der Waals surface area contributed by atoms with Crippen LogP contribution in [0.1, 0.15) is 11.1 Å². The highest BCUT2D eigenvalue weighted by Gasteiger charge is 2.13. The molecule has 0 saturated heterocycles. The highest BCUT2D eigenvalue weighted by Crippen LogP contribution is 2.31. The number of hydrogen-bond acceptors (Lipinski definition) is 3. The van der Waals surface area contributed by atoms with Gasteiger partial charge in [0.2, 0.25) is 0 Å². The van der Waals surface area contributed by atoms with E-state index in [0.29, 0.717) is 5.75 Å². The Morgan fingerprint density at radius 2 is 2.00 bits per heavy atom. The zero-order chi connectivity index (χ0) is 12.6. The van der Waals surface area contributed by atoms with Crippen LogP contribution in [0.2, 0.25) is 0 Å². The van der Waals surface area contributed by atoms with Gasteiger partial charge in [0.15, 0.2) is 0 Å². The molecule has 0 amide bonds. The molecular formula is C13H16N2OS. The van der Waals surface area contributed by atoms with E-state index in [1.807, 2.05) is 30.8 Å². The first-order valence-corrected chi connectivity index (χ1v) is 6.64. The Hall–Kier alpha value is -1.42. The summed E-state index contributed by atoms with van der Waals surface area (Å²) in [6, 6.07) is 5.59. The molecule has 0 atom stereocenters. The molecule has 0 aliphatic carbocycles. The molecule has 0 fully saturated rings. The van der Waals surface area contributed by atoms with Gasteiger partial charge in [-0.25, -0.2) is 0 Å². The second-order valence-corrected chi connectivity index (χ2v) is 4.90. The van der Waals surface area contributed by atoms with Crippen LogP contribution in [0.25, 0.3) is 11.3 Å². The fraction of sp³-hybridized carbons (Fsp3) is 0.308. The number of hydrogen-bond donors (Lipinski definition) is 1. The lowest BCUT2D eigenvalue weighted by Gasteiger charge is -2.02. The van der Waals surface area contributed by atoms with Crippen LogP contribution in [0.15, 0.2) is 23.2 Å². The first-order chi connectivity index (χ1) is 8.04. The Kier molecular flexibility index (Phi) is 3.15. The lowest BCUT2D eigenvalue weighted by atomic mass is 10.1. The minimum Gasteiger partial charge on any atom is -0.508 e. The van der Waals surface area contributed by atoms with Gasteiger partial charge in [-0.15, -0.1) is 11.8 Å². The molecule has 0 aliphatic heterocycles. The van der Waals surface area contributed by atoms with E-state index < -0.39 is 0 Å². The van der Waals surface area contributed by atoms with E-state index in [2.05, 4.69) is 18.3 Å². The van der Waals surface area contributed by atoms with Crippen LogP contribution in [0.4, 0.5) is 0 Å². The third-order valence-corrected chi connectivity index (χ3v) is 3.84. The Morgan fingerprint density at radius 1 is 1.29 bits per heavy atom. The number of phenolic OH excluding ortho intramolecular Hbond substituents is 1. The van der Waals surface area contributed by atoms with Crippen LogP contribution in [0.5, 0.6) is 5.75 Å². The van der Waals surface area contributed by atoms with Crippen LogP contribution >= 0.6 is 11.8 Å². The molecule has 0 aliphatic rings. The van der Waals surface area contributed by atoms with E-state index in [9.17, 15) is 5.11 Å². The maximum absolute atomic E-state index is 9.54. The largest absolute Gasteiger partial charge is 0.508 e. The summed E-state index contributed by atoms with van der Waals surface area (Å²) in [5.74, 6) is 0.326. The minimum absolute atomic E-state index is 0.326. The second-order valence-electron chi connectivity index (χ2n) is 4.11. The fourth-order valence-electron chi connectivity index (χ4n) is 1.98. The van der Waals surface area contributed by atoms with Gasteiger partial charge in [-0.3, -0.25) is 4.68 Å². The predicted octanol–water partition coefficient (Wildman–Crippen LogP) is 3.13. The van der Waals surface area contributed by atoms with Crippen LogP contribution < -0.4 is 0 Å². The topological polar surface area (TPSA) is 38.1 Å². The molecule has 0 unspecified atom stereocenters. The van der Waals surface area contributed by atoms with Crippen molar-refractivity contribution in [3.05, 3.63) is 29.3 Å². The van der Waals surface area contributed by atoms with Crippen molar-refractivity contribution >= 4 is 11.8 Å². The SMILES string of the molecule is CSc1c(C)c(-c2ccc(O)c(C)c2)nn1C. The van der Waals surface area contributed by atoms with E-state index in [0.717, 1.165) is 16.8 Å². The van der Waals surface area contributed by atoms with E-state index in [1.165, 1.54) is 10.6 Å². The average Bonchev–Trinajstić information content (AvgIpc) is 2.58. The van der Waals surface area contributed by atoms with E-state index in [1.54, 1.807) is 17.8 Å². The third-order valence-electron chi connectivity index (χ3n) is 2.88. The van der Waals surface area contributed by atoms with Crippen molar-refractivity contribution in [3.63, 3.8) is 0 Å². The number of thioether (sulfide) groups is 1. The number of aryl methyl sites for hydroxylation is 2. The van der Waals surface area contributed by atoms with Crippen molar-refractivity contribution in [2.75, 3.05) is 6.26 Å². The monoisotopic (exact) mass is 248 g/mol. The molecule has 4 heteroatoms. The number of phenols is 1. The molecule has 3 nitrogen and oxygen atoms in total. The Bertz CT molecular complexity index is 561. The summed E-state index contributed by atoms with van der Waals surface area (Å²) in [6.45, 7) is 3.98. The third kappa shape index (κ3) is 2.05. The van der Waals surface area contributed by atoms with Gasteiger partial charge in [-0.05, 0) is 43.9 Å². The zero-order valence-electron chi connectivity index (χ0n) is 10.5. The summed E-state index contributed by atoms with van der Waals surface area (Å²) in [5.41, 5.74) is 4.09. The van der Waals surface area contributed by atoms with Crippen LogP contribution in [-0.2, 0) is 7.05 Å². The Labute approximate surface area is 105 Å². The van der Waals surface area contributed by atoms with Gasteiger partial charge in [0.25, 0.3) is 0 Å². The summed E-state index contributed by atoms with van der Waals surface area (Å²) in [6.07, 6.45) is 2.05. The lowest BCUT2D eigenvalue weighted by Crippen LogP contribution is -1.91. The summed E-state index contributed by atoms with van der Waals surface area (Å²) in [5, 5.41) is 15.2. The van der Waals surface area contributed by atoms with Crippen molar-refractivity contribution < 1.29 is 5.11 Å². The van der Waals surface area contributed by atoms with E-state index in [-0.39, 0.29) is 0 Å². The van der Waals surface area contributed by atoms with Crippen LogP contribution in [-0.4, -0.2) is 21.1 Å². The van der Waals surface area contributed by atoms with Crippen molar-refractivity contribution in [1.29, 1.82) is 0 Å². The molecule has 0 radical (unpaired) electrons. The molecule has 17 heavy (non-hydrogen) atoms. The number of rotatable bonds is 2. The van der Waals surface area contributed by atoms with Crippen LogP contribution in [0.3, 0.4) is 0 Å². The fourth-order valence-corrected chi connectivity index (χ4v) is 2.68. The summed E-state index contributed by atoms with van der Waals surface area (Å²) < 4.78 is 1.90. The van der Waals surface area contributed by atoms with Crippen molar-refractivity contribution in [3.8, 4) is 17.0 Å². The molecule has 90 valence electrons. The van der Waals surface area contributed by atoms with Gasteiger partial charge >= 0.3 is 0 Å². The smallest absolute Gasteiger partial charge is 0.118 e. The second kappa shape index (κ2) is 4.45. The number of benzene rings is 1. The van der Waals surface area contributed by atoms with Gasteiger partial charge in [-0.2, -0.15) is 5.10 Å². The van der Waals surface area contributed by atoms with Gasteiger partial charge in [0, 0.05) is 18.2 Å². The molecule has 1 aromatic heterocycles. The highest BCUT2D eigenvalue weighted by atomic mass is 32.2. The van der Waals surface area contributed by atoms with Crippen molar-refractivity contribution in [2.45, 2.75) is 18.9 Å². The molecule has 1 N–H and O–H groups in total. The molecule has 0 spiro atoms. The number of aromatic hydroxyl groups is 1. The molecule has 2 aromatic rings. The Morgan fingerprint density at radius 3 is 2.53 bits per heavy atom. The Balaban J connectivity index is 2.57. The van der Waals surface area contributed by atoms with Crippen LogP contribution in [0, 0.1) is 13.8 Å². The molecule has 1 heterocycles. The first kappa shape index (κ1) is 12.0. The average molecular weight is 248 g/mol. The normalized spacial score (nSPS) is 10.8. The maximum Gasteiger partial charge on any atom is 0.118 e. The predicted molar refractivity (Wildman–Crippen MR) is 71.6 cm³/mol. The summed E-state index contributed by atoms with van der Waals surface area (Å²) >= 11 is 1.70. The molecule has 1 aromatic carbocycles. The molecule has 0 bridgehead atoms. The van der Waals surface area contributed by atoms with Gasteiger partial charge in [0.05, 0.1) is 10.7 Å². The van der Waals surface area contributed by atoms with E-state index in [4.69, 9.17) is 0 Å². The molecule has 0 saturated carbocycles. The van der Waals surface area contributed by atoms with Crippen molar-refractivity contribution in [1.82, 2.24) is 9.78 Å². The van der Waals surface area contributed by atoms with Gasteiger partial charge < -0.3 is 5.11 Å². The number of aromatic nitrogens is 2. The van der Waals surface area contributed by atoms with E-state index >= 15 is 0 Å². The van der Waals surface area contributed by atoms with Gasteiger partial charge in [-0.1, -0.05) is 0 Å². The number of nitrogens with zero attached hydrogens (tertiary/aromatic N) is 2. The lowest BCUT2D eigenvalue weighted by molar-refractivity contribution is 0.471. The first-order valence-electron chi connectivity index (χ1n) is 5.42. The summed E-state index contributed by atoms with van der Waals surface area (Å²) in [7, 11) is 1.95. The minimum atomic E-state index is 0.326. The molecular weight excluding hydrogens is 232 g/mol. The summed E-state index contributed by atoms with van der Waals surface area (Å²) in [4.78, 5) is 0. The zero-order valence-corrected chi connectivity index (χ0v) is 11.3. The quantitative estimate of drug-likeness (QED) is 0.830. The standard InChI is InChI=1S/C13H16N2OS/c1-8-7-10(5-6-11(8)16)12-9(2)13(17-4)15(3)14-12/h5-7,16H,1-4H3. The molecule has 2 rings (SSSR count). The maximum atomic E-state index is 9.54.